The Morgan fingerprint density at radius 2 is 2.10 bits per heavy atom. The molecule has 0 spiro atoms. The molecule has 2 aromatic rings. The molecule has 0 amide bonds. The van der Waals surface area contributed by atoms with Crippen LogP contribution in [-0.4, -0.2) is 7.11 Å². The van der Waals surface area contributed by atoms with Gasteiger partial charge in [-0.2, -0.15) is 5.26 Å². The van der Waals surface area contributed by atoms with Gasteiger partial charge in [-0.1, -0.05) is 6.07 Å². The summed E-state index contributed by atoms with van der Waals surface area (Å²) >= 11 is 3.41. The summed E-state index contributed by atoms with van der Waals surface area (Å²) in [6.07, 6.45) is 0. The quantitative estimate of drug-likeness (QED) is 0.916. The third kappa shape index (κ3) is 3.28. The molecule has 3 nitrogen and oxygen atoms in total. The predicted octanol–water partition coefficient (Wildman–Crippen LogP) is 4.08. The first-order valence-corrected chi connectivity index (χ1v) is 6.69. The van der Waals surface area contributed by atoms with Gasteiger partial charge in [-0.3, -0.25) is 0 Å². The van der Waals surface area contributed by atoms with E-state index in [1.54, 1.807) is 19.2 Å². The zero-order valence-corrected chi connectivity index (χ0v) is 12.4. The lowest BCUT2D eigenvalue weighted by Crippen LogP contribution is -2.00. The monoisotopic (exact) mass is 334 g/mol. The normalized spacial score (nSPS) is 9.90. The van der Waals surface area contributed by atoms with Gasteiger partial charge in [-0.25, -0.2) is 4.39 Å². The summed E-state index contributed by atoms with van der Waals surface area (Å²) < 4.78 is 19.2. The zero-order valence-electron chi connectivity index (χ0n) is 10.8. The fourth-order valence-electron chi connectivity index (χ4n) is 1.75. The number of methoxy groups -OCH3 is 1. The van der Waals surface area contributed by atoms with Gasteiger partial charge in [0.25, 0.3) is 0 Å². The van der Waals surface area contributed by atoms with Crippen LogP contribution in [0.15, 0.2) is 40.9 Å². The Morgan fingerprint density at radius 3 is 2.75 bits per heavy atom. The van der Waals surface area contributed by atoms with Crippen molar-refractivity contribution in [3.63, 3.8) is 0 Å². The zero-order chi connectivity index (χ0) is 14.5. The van der Waals surface area contributed by atoms with Gasteiger partial charge in [-0.15, -0.1) is 0 Å². The third-order valence-electron chi connectivity index (χ3n) is 2.80. The van der Waals surface area contributed by atoms with Crippen LogP contribution in [0, 0.1) is 17.1 Å². The minimum absolute atomic E-state index is 0.0558. The smallest absolute Gasteiger partial charge is 0.140 e. The second-order valence-electron chi connectivity index (χ2n) is 4.13. The number of ether oxygens (including phenoxy) is 1. The molecule has 2 aromatic carbocycles. The Kier molecular flexibility index (Phi) is 4.59. The van der Waals surface area contributed by atoms with Crippen LogP contribution in [0.1, 0.15) is 11.1 Å². The van der Waals surface area contributed by atoms with Gasteiger partial charge in [-0.05, 0) is 51.8 Å². The van der Waals surface area contributed by atoms with Crippen LogP contribution >= 0.6 is 15.9 Å². The van der Waals surface area contributed by atoms with Crippen LogP contribution in [0.3, 0.4) is 0 Å². The molecule has 5 heteroatoms. The molecular weight excluding hydrogens is 323 g/mol. The second kappa shape index (κ2) is 6.40. The highest BCUT2D eigenvalue weighted by Crippen LogP contribution is 2.27. The van der Waals surface area contributed by atoms with Crippen molar-refractivity contribution in [3.8, 4) is 11.8 Å². The number of halogens is 2. The van der Waals surface area contributed by atoms with Gasteiger partial charge < -0.3 is 10.1 Å². The van der Waals surface area contributed by atoms with Gasteiger partial charge in [0.1, 0.15) is 17.6 Å². The molecule has 20 heavy (non-hydrogen) atoms. The van der Waals surface area contributed by atoms with Crippen molar-refractivity contribution < 1.29 is 9.13 Å². The lowest BCUT2D eigenvalue weighted by Gasteiger charge is -2.09. The number of hydrogen-bond donors (Lipinski definition) is 1. The maximum atomic E-state index is 13.2. The number of hydrogen-bond acceptors (Lipinski definition) is 3. The predicted molar refractivity (Wildman–Crippen MR) is 79.1 cm³/mol. The Bertz CT molecular complexity index is 667. The number of nitrogens with one attached hydrogen (secondary N) is 1. The molecular formula is C15H12BrFN2O. The number of nitriles is 1. The second-order valence-corrected chi connectivity index (χ2v) is 4.98. The number of anilines is 1. The highest BCUT2D eigenvalue weighted by atomic mass is 79.9. The SMILES string of the molecule is COc1ccc(NCc2ccc(F)c(C#N)c2)cc1Br. The molecule has 0 atom stereocenters. The van der Waals surface area contributed by atoms with Crippen LogP contribution in [0.2, 0.25) is 0 Å². The average Bonchev–Trinajstić information content (AvgIpc) is 2.46. The van der Waals surface area contributed by atoms with E-state index in [1.807, 2.05) is 24.3 Å². The summed E-state index contributed by atoms with van der Waals surface area (Å²) in [5, 5.41) is 12.0. The van der Waals surface area contributed by atoms with Gasteiger partial charge in [0.2, 0.25) is 0 Å². The molecule has 0 bridgehead atoms. The van der Waals surface area contributed by atoms with Crippen molar-refractivity contribution in [1.29, 1.82) is 5.26 Å². The van der Waals surface area contributed by atoms with Crippen LogP contribution in [0.25, 0.3) is 0 Å². The van der Waals surface area contributed by atoms with E-state index < -0.39 is 5.82 Å². The first-order chi connectivity index (χ1) is 9.63. The largest absolute Gasteiger partial charge is 0.496 e. The Labute approximate surface area is 125 Å². The molecule has 0 heterocycles. The van der Waals surface area contributed by atoms with Gasteiger partial charge in [0.15, 0.2) is 0 Å². The first-order valence-electron chi connectivity index (χ1n) is 5.90. The van der Waals surface area contributed by atoms with Crippen LogP contribution in [-0.2, 0) is 6.54 Å². The van der Waals surface area contributed by atoms with Crippen molar-refractivity contribution >= 4 is 21.6 Å². The molecule has 0 aliphatic rings. The minimum Gasteiger partial charge on any atom is -0.496 e. The molecule has 0 radical (unpaired) electrons. The molecule has 0 aliphatic heterocycles. The number of nitrogens with zero attached hydrogens (tertiary/aromatic N) is 1. The summed E-state index contributed by atoms with van der Waals surface area (Å²) in [4.78, 5) is 0. The van der Waals surface area contributed by atoms with Crippen molar-refractivity contribution in [1.82, 2.24) is 0 Å². The van der Waals surface area contributed by atoms with Crippen molar-refractivity contribution in [3.05, 3.63) is 57.8 Å². The van der Waals surface area contributed by atoms with Crippen molar-refractivity contribution in [2.75, 3.05) is 12.4 Å². The highest BCUT2D eigenvalue weighted by molar-refractivity contribution is 9.10. The highest BCUT2D eigenvalue weighted by Gasteiger charge is 2.04. The van der Waals surface area contributed by atoms with Crippen LogP contribution in [0.4, 0.5) is 10.1 Å². The van der Waals surface area contributed by atoms with Gasteiger partial charge >= 0.3 is 0 Å². The fraction of sp³-hybridized carbons (Fsp3) is 0.133. The van der Waals surface area contributed by atoms with E-state index in [1.165, 1.54) is 6.07 Å². The van der Waals surface area contributed by atoms with E-state index in [0.717, 1.165) is 21.5 Å². The molecule has 2 rings (SSSR count). The minimum atomic E-state index is -0.497. The topological polar surface area (TPSA) is 45.0 Å². The standard InChI is InChI=1S/C15H12BrFN2O/c1-20-15-5-3-12(7-13(15)16)19-9-10-2-4-14(17)11(6-10)8-18/h2-7,19H,9H2,1H3. The van der Waals surface area contributed by atoms with E-state index in [9.17, 15) is 4.39 Å². The van der Waals surface area contributed by atoms with Crippen LogP contribution < -0.4 is 10.1 Å². The van der Waals surface area contributed by atoms with Crippen LogP contribution in [0.5, 0.6) is 5.75 Å². The molecule has 0 saturated carbocycles. The van der Waals surface area contributed by atoms with Gasteiger partial charge in [0, 0.05) is 12.2 Å². The molecule has 0 unspecified atom stereocenters. The fourth-order valence-corrected chi connectivity index (χ4v) is 2.29. The lowest BCUT2D eigenvalue weighted by molar-refractivity contribution is 0.412. The lowest BCUT2D eigenvalue weighted by atomic mass is 10.1. The summed E-state index contributed by atoms with van der Waals surface area (Å²) in [5.74, 6) is 0.257. The maximum Gasteiger partial charge on any atom is 0.140 e. The van der Waals surface area contributed by atoms with Crippen molar-refractivity contribution in [2.24, 2.45) is 0 Å². The van der Waals surface area contributed by atoms with E-state index in [4.69, 9.17) is 10.00 Å². The molecule has 0 saturated heterocycles. The summed E-state index contributed by atoms with van der Waals surface area (Å²) in [7, 11) is 1.61. The Balaban J connectivity index is 2.09. The van der Waals surface area contributed by atoms with Gasteiger partial charge in [0.05, 0.1) is 17.1 Å². The van der Waals surface area contributed by atoms with E-state index >= 15 is 0 Å². The molecule has 0 aromatic heterocycles. The van der Waals surface area contributed by atoms with E-state index in [-0.39, 0.29) is 5.56 Å². The van der Waals surface area contributed by atoms with Crippen molar-refractivity contribution in [2.45, 2.75) is 6.54 Å². The summed E-state index contributed by atoms with van der Waals surface area (Å²) in [6.45, 7) is 0.508. The maximum absolute atomic E-state index is 13.2. The molecule has 102 valence electrons. The number of rotatable bonds is 4. The Morgan fingerprint density at radius 1 is 1.30 bits per heavy atom. The molecule has 0 aliphatic carbocycles. The average molecular weight is 335 g/mol. The summed E-state index contributed by atoms with van der Waals surface area (Å²) in [6, 6.07) is 12.0. The molecule has 1 N–H and O–H groups in total. The van der Waals surface area contributed by atoms with E-state index in [0.29, 0.717) is 6.54 Å². The number of benzene rings is 2. The summed E-state index contributed by atoms with van der Waals surface area (Å²) in [5.41, 5.74) is 1.80. The first kappa shape index (κ1) is 14.4. The third-order valence-corrected chi connectivity index (χ3v) is 3.42. The Hall–Kier alpha value is -2.06. The molecule has 0 fully saturated rings. The van der Waals surface area contributed by atoms with E-state index in [2.05, 4.69) is 21.2 Å².